The summed E-state index contributed by atoms with van der Waals surface area (Å²) in [6.07, 6.45) is 1.67. The standard InChI is InChI=1S/C11H14ClN3OS/c1-2-7-6-8-9(13-4-3-5-16)14-11(12)15-10(8)17-7/h6,16H,2-5H2,1H3,(H,13,14,15). The summed E-state index contributed by atoms with van der Waals surface area (Å²) in [5.41, 5.74) is 0. The van der Waals surface area contributed by atoms with Gasteiger partial charge in [0, 0.05) is 18.0 Å². The predicted octanol–water partition coefficient (Wildman–Crippen LogP) is 2.70. The van der Waals surface area contributed by atoms with Crippen LogP contribution >= 0.6 is 22.9 Å². The summed E-state index contributed by atoms with van der Waals surface area (Å²) in [6.45, 7) is 2.95. The van der Waals surface area contributed by atoms with Gasteiger partial charge < -0.3 is 10.4 Å². The van der Waals surface area contributed by atoms with Crippen molar-refractivity contribution in [3.8, 4) is 0 Å². The zero-order chi connectivity index (χ0) is 12.3. The Kier molecular flexibility index (Phi) is 4.15. The monoisotopic (exact) mass is 271 g/mol. The van der Waals surface area contributed by atoms with Crippen molar-refractivity contribution in [3.05, 3.63) is 16.2 Å². The van der Waals surface area contributed by atoms with Gasteiger partial charge in [-0.3, -0.25) is 0 Å². The molecule has 6 heteroatoms. The number of aromatic nitrogens is 2. The average Bonchev–Trinajstić information content (AvgIpc) is 2.72. The highest BCUT2D eigenvalue weighted by Gasteiger charge is 2.09. The number of hydrogen-bond acceptors (Lipinski definition) is 5. The molecule has 17 heavy (non-hydrogen) atoms. The second-order valence-corrected chi connectivity index (χ2v) is 5.08. The van der Waals surface area contributed by atoms with Crippen LogP contribution in [0.5, 0.6) is 0 Å². The van der Waals surface area contributed by atoms with Crippen LogP contribution in [0.25, 0.3) is 10.2 Å². The first-order valence-electron chi connectivity index (χ1n) is 5.55. The molecule has 0 amide bonds. The van der Waals surface area contributed by atoms with E-state index in [2.05, 4.69) is 28.3 Å². The molecule has 0 aliphatic rings. The molecule has 0 bridgehead atoms. The van der Waals surface area contributed by atoms with Crippen molar-refractivity contribution in [1.82, 2.24) is 9.97 Å². The Morgan fingerprint density at radius 2 is 2.29 bits per heavy atom. The number of aliphatic hydroxyl groups excluding tert-OH is 1. The van der Waals surface area contributed by atoms with Gasteiger partial charge in [-0.25, -0.2) is 9.97 Å². The molecule has 2 aromatic heterocycles. The molecule has 0 aliphatic heterocycles. The Morgan fingerprint density at radius 1 is 1.47 bits per heavy atom. The molecule has 92 valence electrons. The molecule has 2 rings (SSSR count). The average molecular weight is 272 g/mol. The Labute approximate surface area is 109 Å². The molecule has 0 radical (unpaired) electrons. The molecule has 2 N–H and O–H groups in total. The van der Waals surface area contributed by atoms with Gasteiger partial charge in [-0.15, -0.1) is 11.3 Å². The van der Waals surface area contributed by atoms with Gasteiger partial charge in [-0.2, -0.15) is 0 Å². The van der Waals surface area contributed by atoms with Crippen molar-refractivity contribution in [3.63, 3.8) is 0 Å². The van der Waals surface area contributed by atoms with Crippen LogP contribution in [-0.4, -0.2) is 28.2 Å². The van der Waals surface area contributed by atoms with Crippen molar-refractivity contribution in [2.75, 3.05) is 18.5 Å². The lowest BCUT2D eigenvalue weighted by atomic mass is 10.3. The van der Waals surface area contributed by atoms with E-state index in [1.807, 2.05) is 0 Å². The molecule has 4 nitrogen and oxygen atoms in total. The van der Waals surface area contributed by atoms with Crippen molar-refractivity contribution < 1.29 is 5.11 Å². The predicted molar refractivity (Wildman–Crippen MR) is 72.0 cm³/mol. The zero-order valence-corrected chi connectivity index (χ0v) is 11.1. The van der Waals surface area contributed by atoms with Gasteiger partial charge in [0.05, 0.1) is 5.39 Å². The van der Waals surface area contributed by atoms with Gasteiger partial charge in [0.2, 0.25) is 5.28 Å². The highest BCUT2D eigenvalue weighted by Crippen LogP contribution is 2.30. The largest absolute Gasteiger partial charge is 0.396 e. The van der Waals surface area contributed by atoms with Crippen molar-refractivity contribution >= 4 is 39.0 Å². The van der Waals surface area contributed by atoms with Gasteiger partial charge in [0.1, 0.15) is 10.6 Å². The van der Waals surface area contributed by atoms with Crippen LogP contribution in [0.4, 0.5) is 5.82 Å². The zero-order valence-electron chi connectivity index (χ0n) is 9.53. The van der Waals surface area contributed by atoms with E-state index in [0.717, 1.165) is 22.5 Å². The summed E-state index contributed by atoms with van der Waals surface area (Å²) < 4.78 is 0. The fourth-order valence-corrected chi connectivity index (χ4v) is 2.73. The summed E-state index contributed by atoms with van der Waals surface area (Å²) in [6, 6.07) is 2.09. The molecule has 0 fully saturated rings. The Morgan fingerprint density at radius 3 is 3.00 bits per heavy atom. The van der Waals surface area contributed by atoms with E-state index in [9.17, 15) is 0 Å². The number of halogens is 1. The van der Waals surface area contributed by atoms with Gasteiger partial charge in [-0.05, 0) is 30.5 Å². The summed E-state index contributed by atoms with van der Waals surface area (Å²) in [4.78, 5) is 10.6. The number of thiophene rings is 1. The minimum absolute atomic E-state index is 0.165. The highest BCUT2D eigenvalue weighted by atomic mass is 35.5. The lowest BCUT2D eigenvalue weighted by Crippen LogP contribution is -2.05. The lowest BCUT2D eigenvalue weighted by molar-refractivity contribution is 0.292. The first kappa shape index (κ1) is 12.5. The van der Waals surface area contributed by atoms with E-state index in [4.69, 9.17) is 16.7 Å². The third-order valence-corrected chi connectivity index (χ3v) is 3.73. The minimum atomic E-state index is 0.165. The van der Waals surface area contributed by atoms with Crippen LogP contribution in [0.3, 0.4) is 0 Å². The fourth-order valence-electron chi connectivity index (χ4n) is 1.54. The number of aliphatic hydroxyl groups is 1. The van der Waals surface area contributed by atoms with E-state index < -0.39 is 0 Å². The van der Waals surface area contributed by atoms with E-state index in [1.54, 1.807) is 11.3 Å². The van der Waals surface area contributed by atoms with E-state index in [1.165, 1.54) is 4.88 Å². The number of anilines is 1. The second-order valence-electron chi connectivity index (χ2n) is 3.63. The molecule has 0 aliphatic carbocycles. The van der Waals surface area contributed by atoms with Gasteiger partial charge in [0.25, 0.3) is 0 Å². The van der Waals surface area contributed by atoms with Crippen LogP contribution in [0, 0.1) is 0 Å². The quantitative estimate of drug-likeness (QED) is 0.648. The molecule has 0 saturated carbocycles. The molecule has 0 aromatic carbocycles. The summed E-state index contributed by atoms with van der Waals surface area (Å²) in [7, 11) is 0. The maximum Gasteiger partial charge on any atom is 0.225 e. The Balaban J connectivity index is 2.34. The molecule has 0 spiro atoms. The Hall–Kier alpha value is -0.910. The third kappa shape index (κ3) is 2.86. The number of nitrogens with one attached hydrogen (secondary N) is 1. The van der Waals surface area contributed by atoms with Crippen LogP contribution in [-0.2, 0) is 6.42 Å². The maximum absolute atomic E-state index is 8.76. The number of rotatable bonds is 5. The highest BCUT2D eigenvalue weighted by molar-refractivity contribution is 7.18. The first-order chi connectivity index (χ1) is 8.24. The molecular weight excluding hydrogens is 258 g/mol. The van der Waals surface area contributed by atoms with Crippen LogP contribution in [0.15, 0.2) is 6.07 Å². The number of hydrogen-bond donors (Lipinski definition) is 2. The Bertz CT molecular complexity index is 515. The van der Waals surface area contributed by atoms with Crippen molar-refractivity contribution in [2.24, 2.45) is 0 Å². The normalized spacial score (nSPS) is 11.0. The lowest BCUT2D eigenvalue weighted by Gasteiger charge is -2.05. The van der Waals surface area contributed by atoms with E-state index >= 15 is 0 Å². The first-order valence-corrected chi connectivity index (χ1v) is 6.74. The van der Waals surface area contributed by atoms with Gasteiger partial charge >= 0.3 is 0 Å². The van der Waals surface area contributed by atoms with Gasteiger partial charge in [0.15, 0.2) is 0 Å². The van der Waals surface area contributed by atoms with E-state index in [0.29, 0.717) is 13.0 Å². The van der Waals surface area contributed by atoms with Crippen LogP contribution in [0.1, 0.15) is 18.2 Å². The number of fused-ring (bicyclic) bond motifs is 1. The smallest absolute Gasteiger partial charge is 0.225 e. The molecule has 2 aromatic rings. The maximum atomic E-state index is 8.76. The molecule has 0 unspecified atom stereocenters. The van der Waals surface area contributed by atoms with Crippen molar-refractivity contribution in [1.29, 1.82) is 0 Å². The summed E-state index contributed by atoms with van der Waals surface area (Å²) in [5.74, 6) is 0.754. The second kappa shape index (κ2) is 5.62. The van der Waals surface area contributed by atoms with Crippen molar-refractivity contribution in [2.45, 2.75) is 19.8 Å². The van der Waals surface area contributed by atoms with Crippen LogP contribution < -0.4 is 5.32 Å². The summed E-state index contributed by atoms with van der Waals surface area (Å²) >= 11 is 7.52. The van der Waals surface area contributed by atoms with Gasteiger partial charge in [-0.1, -0.05) is 6.92 Å². The molecule has 0 atom stereocenters. The number of nitrogens with zero attached hydrogens (tertiary/aromatic N) is 2. The third-order valence-electron chi connectivity index (χ3n) is 2.39. The minimum Gasteiger partial charge on any atom is -0.396 e. The summed E-state index contributed by atoms with van der Waals surface area (Å²) in [5, 5.41) is 13.2. The van der Waals surface area contributed by atoms with E-state index in [-0.39, 0.29) is 11.9 Å². The SMILES string of the molecule is CCc1cc2c(NCCCO)nc(Cl)nc2s1. The molecule has 2 heterocycles. The van der Waals surface area contributed by atoms with Crippen LogP contribution in [0.2, 0.25) is 5.28 Å². The molecular formula is C11H14ClN3OS. The fraction of sp³-hybridized carbons (Fsp3) is 0.455. The molecule has 0 saturated heterocycles. The topological polar surface area (TPSA) is 58.0 Å². The number of aryl methyl sites for hydroxylation is 1.